The predicted octanol–water partition coefficient (Wildman–Crippen LogP) is 1.18. The van der Waals surface area contributed by atoms with Crippen LogP contribution in [0.1, 0.15) is 26.7 Å². The number of ether oxygens (including phenoxy) is 2. The van der Waals surface area contributed by atoms with E-state index >= 15 is 0 Å². The molecule has 86 valence electrons. The normalized spacial score (nSPS) is 19.4. The Balaban J connectivity index is 2.58. The van der Waals surface area contributed by atoms with Crippen LogP contribution in [0.4, 0.5) is 0 Å². The number of hydrogen-bond acceptors (Lipinski definition) is 4. The van der Waals surface area contributed by atoms with Crippen LogP contribution in [0, 0.1) is 11.8 Å². The van der Waals surface area contributed by atoms with Crippen LogP contribution < -0.4 is 0 Å². The van der Waals surface area contributed by atoms with Gasteiger partial charge in [0.15, 0.2) is 5.78 Å². The fourth-order valence-corrected chi connectivity index (χ4v) is 1.57. The number of Topliss-reactive ketones (excluding diaryl/α,β-unsaturated/α-hetero) is 1. The summed E-state index contributed by atoms with van der Waals surface area (Å²) in [7, 11) is 1.29. The summed E-state index contributed by atoms with van der Waals surface area (Å²) in [6.45, 7) is 3.93. The van der Waals surface area contributed by atoms with Gasteiger partial charge in [0.2, 0.25) is 0 Å². The maximum absolute atomic E-state index is 11.9. The number of rotatable bonds is 6. The number of carbonyl (C=O) groups excluding carboxylic acids is 2. The molecule has 0 heterocycles. The molecule has 0 radical (unpaired) electrons. The molecule has 0 aromatic heterocycles. The molecule has 4 heteroatoms. The molecule has 1 saturated carbocycles. The van der Waals surface area contributed by atoms with Gasteiger partial charge in [0, 0.05) is 6.61 Å². The molecular weight excluding hydrogens is 196 g/mol. The number of methoxy groups -OCH3 is 1. The largest absolute Gasteiger partial charge is 0.468 e. The zero-order valence-corrected chi connectivity index (χ0v) is 9.49. The Bertz CT molecular complexity index is 245. The van der Waals surface area contributed by atoms with E-state index in [1.165, 1.54) is 7.11 Å². The average molecular weight is 214 g/mol. The molecule has 2 unspecified atom stereocenters. The van der Waals surface area contributed by atoms with Crippen LogP contribution in [0.25, 0.3) is 0 Å². The minimum absolute atomic E-state index is 0.147. The first-order valence-electron chi connectivity index (χ1n) is 5.35. The molecule has 0 aromatic rings. The van der Waals surface area contributed by atoms with E-state index in [2.05, 4.69) is 4.74 Å². The quantitative estimate of drug-likeness (QED) is 0.492. The zero-order valence-electron chi connectivity index (χ0n) is 9.49. The van der Waals surface area contributed by atoms with Crippen molar-refractivity contribution in [2.75, 3.05) is 13.7 Å². The van der Waals surface area contributed by atoms with Gasteiger partial charge in [-0.2, -0.15) is 0 Å². The highest BCUT2D eigenvalue weighted by atomic mass is 16.5. The summed E-state index contributed by atoms with van der Waals surface area (Å²) in [4.78, 5) is 23.1. The summed E-state index contributed by atoms with van der Waals surface area (Å²) < 4.78 is 9.93. The Hall–Kier alpha value is -0.900. The van der Waals surface area contributed by atoms with E-state index in [0.29, 0.717) is 12.5 Å². The van der Waals surface area contributed by atoms with Crippen molar-refractivity contribution in [1.29, 1.82) is 0 Å². The first kappa shape index (κ1) is 12.2. The van der Waals surface area contributed by atoms with E-state index < -0.39 is 18.0 Å². The van der Waals surface area contributed by atoms with Gasteiger partial charge in [-0.3, -0.25) is 9.59 Å². The van der Waals surface area contributed by atoms with Crippen LogP contribution in [0.2, 0.25) is 0 Å². The minimum Gasteiger partial charge on any atom is -0.468 e. The van der Waals surface area contributed by atoms with Crippen molar-refractivity contribution in [3.8, 4) is 0 Å². The Labute approximate surface area is 89.9 Å². The third kappa shape index (κ3) is 3.02. The molecule has 0 amide bonds. The van der Waals surface area contributed by atoms with Crippen LogP contribution in [0.15, 0.2) is 0 Å². The van der Waals surface area contributed by atoms with Crippen molar-refractivity contribution >= 4 is 11.8 Å². The Kier molecular flexibility index (Phi) is 4.27. The molecule has 1 aliphatic carbocycles. The van der Waals surface area contributed by atoms with Crippen molar-refractivity contribution in [1.82, 2.24) is 0 Å². The fourth-order valence-electron chi connectivity index (χ4n) is 1.57. The monoisotopic (exact) mass is 214 g/mol. The molecular formula is C11H18O4. The number of ketones is 1. The lowest BCUT2D eigenvalue weighted by Crippen LogP contribution is -2.35. The second-order valence-corrected chi connectivity index (χ2v) is 3.86. The van der Waals surface area contributed by atoms with Crippen LogP contribution >= 0.6 is 0 Å². The summed E-state index contributed by atoms with van der Waals surface area (Å²) in [5.74, 6) is -1.03. The lowest BCUT2D eigenvalue weighted by Gasteiger charge is -2.18. The van der Waals surface area contributed by atoms with Crippen LogP contribution in [0.3, 0.4) is 0 Å². The van der Waals surface area contributed by atoms with Gasteiger partial charge in [-0.25, -0.2) is 0 Å². The molecule has 1 rings (SSSR count). The highest BCUT2D eigenvalue weighted by Crippen LogP contribution is 2.35. The van der Waals surface area contributed by atoms with Crippen molar-refractivity contribution in [2.45, 2.75) is 32.8 Å². The lowest BCUT2D eigenvalue weighted by atomic mass is 9.99. The van der Waals surface area contributed by atoms with E-state index in [-0.39, 0.29) is 5.78 Å². The number of esters is 1. The SMILES string of the molecule is CCOC(C(=O)C(C)C(=O)OC)C1CC1. The maximum atomic E-state index is 11.9. The average Bonchev–Trinajstić information content (AvgIpc) is 3.06. The second-order valence-electron chi connectivity index (χ2n) is 3.86. The molecule has 0 N–H and O–H groups in total. The van der Waals surface area contributed by atoms with Gasteiger partial charge in [-0.15, -0.1) is 0 Å². The van der Waals surface area contributed by atoms with Crippen LogP contribution in [-0.4, -0.2) is 31.6 Å². The van der Waals surface area contributed by atoms with Crippen molar-refractivity contribution in [3.05, 3.63) is 0 Å². The smallest absolute Gasteiger partial charge is 0.316 e. The van der Waals surface area contributed by atoms with E-state index in [1.807, 2.05) is 6.92 Å². The Morgan fingerprint density at radius 1 is 1.40 bits per heavy atom. The second kappa shape index (κ2) is 5.26. The predicted molar refractivity (Wildman–Crippen MR) is 54.3 cm³/mol. The van der Waals surface area contributed by atoms with Gasteiger partial charge in [-0.05, 0) is 32.6 Å². The molecule has 1 fully saturated rings. The third-order valence-electron chi connectivity index (χ3n) is 2.66. The Morgan fingerprint density at radius 3 is 2.40 bits per heavy atom. The van der Waals surface area contributed by atoms with E-state index in [0.717, 1.165) is 12.8 Å². The summed E-state index contributed by atoms with van der Waals surface area (Å²) >= 11 is 0. The fraction of sp³-hybridized carbons (Fsp3) is 0.818. The third-order valence-corrected chi connectivity index (χ3v) is 2.66. The first-order chi connectivity index (χ1) is 7.11. The maximum Gasteiger partial charge on any atom is 0.316 e. The van der Waals surface area contributed by atoms with Crippen LogP contribution in [-0.2, 0) is 19.1 Å². The van der Waals surface area contributed by atoms with Crippen LogP contribution in [0.5, 0.6) is 0 Å². The standard InChI is InChI=1S/C11H18O4/c1-4-15-10(8-5-6-8)9(12)7(2)11(13)14-3/h7-8,10H,4-6H2,1-3H3. The molecule has 0 aliphatic heterocycles. The summed E-state index contributed by atoms with van der Waals surface area (Å²) in [6.07, 6.45) is 1.62. The topological polar surface area (TPSA) is 52.6 Å². The van der Waals surface area contributed by atoms with Crippen molar-refractivity contribution < 1.29 is 19.1 Å². The zero-order chi connectivity index (χ0) is 11.4. The highest BCUT2D eigenvalue weighted by Gasteiger charge is 2.40. The van der Waals surface area contributed by atoms with Gasteiger partial charge in [0.1, 0.15) is 12.0 Å². The van der Waals surface area contributed by atoms with Crippen molar-refractivity contribution in [3.63, 3.8) is 0 Å². The molecule has 0 saturated heterocycles. The molecule has 4 nitrogen and oxygen atoms in total. The Morgan fingerprint density at radius 2 is 2.00 bits per heavy atom. The highest BCUT2D eigenvalue weighted by molar-refractivity contribution is 6.01. The summed E-state index contributed by atoms with van der Waals surface area (Å²) in [5, 5.41) is 0. The minimum atomic E-state index is -0.716. The summed E-state index contributed by atoms with van der Waals surface area (Å²) in [6, 6.07) is 0. The molecule has 15 heavy (non-hydrogen) atoms. The number of carbonyl (C=O) groups is 2. The molecule has 2 atom stereocenters. The molecule has 1 aliphatic rings. The van der Waals surface area contributed by atoms with Gasteiger partial charge in [0.25, 0.3) is 0 Å². The van der Waals surface area contributed by atoms with E-state index in [9.17, 15) is 9.59 Å². The van der Waals surface area contributed by atoms with Crippen molar-refractivity contribution in [2.24, 2.45) is 11.8 Å². The van der Waals surface area contributed by atoms with Gasteiger partial charge in [0.05, 0.1) is 7.11 Å². The molecule has 0 bridgehead atoms. The molecule has 0 spiro atoms. The van der Waals surface area contributed by atoms with E-state index in [1.54, 1.807) is 6.92 Å². The lowest BCUT2D eigenvalue weighted by molar-refractivity contribution is -0.152. The van der Waals surface area contributed by atoms with Gasteiger partial charge < -0.3 is 9.47 Å². The first-order valence-corrected chi connectivity index (χ1v) is 5.35. The van der Waals surface area contributed by atoms with Gasteiger partial charge in [-0.1, -0.05) is 0 Å². The summed E-state index contributed by atoms with van der Waals surface area (Å²) in [5.41, 5.74) is 0. The van der Waals surface area contributed by atoms with Gasteiger partial charge >= 0.3 is 5.97 Å². The van der Waals surface area contributed by atoms with E-state index in [4.69, 9.17) is 4.74 Å². The molecule has 0 aromatic carbocycles. The number of hydrogen-bond donors (Lipinski definition) is 0.